The number of anilines is 1. The number of ether oxygens (including phenoxy) is 1. The van der Waals surface area contributed by atoms with E-state index in [2.05, 4.69) is 19.2 Å². The van der Waals surface area contributed by atoms with Gasteiger partial charge in [-0.15, -0.1) is 0 Å². The number of nitrogens with one attached hydrogen (secondary N) is 1. The van der Waals surface area contributed by atoms with E-state index in [1.807, 2.05) is 32.9 Å². The van der Waals surface area contributed by atoms with Gasteiger partial charge in [0.1, 0.15) is 11.8 Å². The molecule has 176 valence electrons. The maximum atomic E-state index is 13.1. The molecule has 0 fully saturated rings. The summed E-state index contributed by atoms with van der Waals surface area (Å²) in [5.74, 6) is 0.659. The van der Waals surface area contributed by atoms with E-state index in [1.54, 1.807) is 32.2 Å². The molecule has 0 saturated heterocycles. The van der Waals surface area contributed by atoms with Gasteiger partial charge in [-0.3, -0.25) is 9.10 Å². The average molecular weight is 481 g/mol. The lowest BCUT2D eigenvalue weighted by atomic mass is 9.93. The molecule has 0 spiro atoms. The number of aryl methyl sites for hydroxylation is 2. The van der Waals surface area contributed by atoms with E-state index in [0.717, 1.165) is 38.6 Å². The van der Waals surface area contributed by atoms with Crippen molar-refractivity contribution < 1.29 is 17.9 Å². The van der Waals surface area contributed by atoms with Crippen LogP contribution in [0.15, 0.2) is 30.3 Å². The zero-order valence-corrected chi connectivity index (χ0v) is 21.6. The molecule has 0 aliphatic rings. The molecule has 8 heteroatoms. The molecule has 32 heavy (non-hydrogen) atoms. The predicted molar refractivity (Wildman–Crippen MR) is 131 cm³/mol. The van der Waals surface area contributed by atoms with Gasteiger partial charge in [0.05, 0.1) is 25.1 Å². The van der Waals surface area contributed by atoms with E-state index in [-0.39, 0.29) is 12.0 Å². The van der Waals surface area contributed by atoms with Gasteiger partial charge in [-0.05, 0) is 80.1 Å². The number of carbonyl (C=O) groups is 1. The molecule has 0 aliphatic carbocycles. The summed E-state index contributed by atoms with van der Waals surface area (Å²) in [4.78, 5) is 13.1. The highest BCUT2D eigenvalue weighted by Gasteiger charge is 2.30. The average Bonchev–Trinajstić information content (AvgIpc) is 2.68. The standard InChI is InChI=1S/C24H33ClN2O4S/c1-14(2)20-13-21(16(4)11-23(20)31-7)17(5)26-24(28)18(6)27(32(8,29)30)19-10-9-15(3)22(25)12-19/h9-14,17-18H,1-8H3,(H,26,28)/t17-,18+/m0/s1. The number of carbonyl (C=O) groups excluding carboxylic acids is 1. The number of amides is 1. The first-order valence-corrected chi connectivity index (χ1v) is 12.7. The lowest BCUT2D eigenvalue weighted by Gasteiger charge is -2.30. The Labute approximate surface area is 197 Å². The smallest absolute Gasteiger partial charge is 0.244 e. The highest BCUT2D eigenvalue weighted by Crippen LogP contribution is 2.32. The zero-order chi connectivity index (χ0) is 24.4. The van der Waals surface area contributed by atoms with Crippen LogP contribution in [0.1, 0.15) is 61.9 Å². The van der Waals surface area contributed by atoms with Gasteiger partial charge in [-0.25, -0.2) is 8.42 Å². The minimum Gasteiger partial charge on any atom is -0.496 e. The molecule has 0 aliphatic heterocycles. The number of methoxy groups -OCH3 is 1. The zero-order valence-electron chi connectivity index (χ0n) is 20.0. The van der Waals surface area contributed by atoms with Gasteiger partial charge in [-0.1, -0.05) is 31.5 Å². The number of rotatable bonds is 8. The van der Waals surface area contributed by atoms with Crippen LogP contribution in [-0.2, 0) is 14.8 Å². The largest absolute Gasteiger partial charge is 0.496 e. The second-order valence-electron chi connectivity index (χ2n) is 8.50. The van der Waals surface area contributed by atoms with Crippen molar-refractivity contribution in [2.24, 2.45) is 0 Å². The van der Waals surface area contributed by atoms with Crippen molar-refractivity contribution in [2.75, 3.05) is 17.7 Å². The van der Waals surface area contributed by atoms with Crippen LogP contribution in [-0.4, -0.2) is 33.7 Å². The summed E-state index contributed by atoms with van der Waals surface area (Å²) in [5, 5.41) is 3.41. The Kier molecular flexibility index (Phi) is 8.23. The Hall–Kier alpha value is -2.25. The molecule has 0 radical (unpaired) electrons. The lowest BCUT2D eigenvalue weighted by molar-refractivity contribution is -0.122. The summed E-state index contributed by atoms with van der Waals surface area (Å²) in [6.45, 7) is 11.4. The summed E-state index contributed by atoms with van der Waals surface area (Å²) >= 11 is 6.21. The molecule has 0 unspecified atom stereocenters. The van der Waals surface area contributed by atoms with Gasteiger partial charge in [0, 0.05) is 5.02 Å². The number of halogens is 1. The van der Waals surface area contributed by atoms with Gasteiger partial charge in [0.15, 0.2) is 0 Å². The Morgan fingerprint density at radius 2 is 1.66 bits per heavy atom. The first kappa shape index (κ1) is 26.0. The van der Waals surface area contributed by atoms with Crippen LogP contribution in [0, 0.1) is 13.8 Å². The molecule has 2 rings (SSSR count). The topological polar surface area (TPSA) is 75.7 Å². The van der Waals surface area contributed by atoms with Gasteiger partial charge in [0.25, 0.3) is 0 Å². The van der Waals surface area contributed by atoms with Crippen molar-refractivity contribution >= 4 is 33.2 Å². The van der Waals surface area contributed by atoms with Crippen LogP contribution in [0.4, 0.5) is 5.69 Å². The van der Waals surface area contributed by atoms with Crippen molar-refractivity contribution in [3.8, 4) is 5.75 Å². The molecule has 6 nitrogen and oxygen atoms in total. The number of benzene rings is 2. The van der Waals surface area contributed by atoms with Gasteiger partial charge < -0.3 is 10.1 Å². The molecule has 0 heterocycles. The quantitative estimate of drug-likeness (QED) is 0.568. The van der Waals surface area contributed by atoms with Gasteiger partial charge in [0.2, 0.25) is 15.9 Å². The Morgan fingerprint density at radius 3 is 2.16 bits per heavy atom. The number of sulfonamides is 1. The SMILES string of the molecule is COc1cc(C)c([C@H](C)NC(=O)[C@@H](C)N(c2ccc(C)c(Cl)c2)S(C)(=O)=O)cc1C(C)C. The normalized spacial score (nSPS) is 13.6. The van der Waals surface area contributed by atoms with Crippen LogP contribution in [0.5, 0.6) is 5.75 Å². The molecular formula is C24H33ClN2O4S. The van der Waals surface area contributed by atoms with Crippen LogP contribution in [0.25, 0.3) is 0 Å². The van der Waals surface area contributed by atoms with E-state index >= 15 is 0 Å². The van der Waals surface area contributed by atoms with E-state index in [4.69, 9.17) is 16.3 Å². The molecule has 1 amide bonds. The monoisotopic (exact) mass is 480 g/mol. The first-order chi connectivity index (χ1) is 14.8. The fraction of sp³-hybridized carbons (Fsp3) is 0.458. The molecule has 0 aromatic heterocycles. The molecule has 1 N–H and O–H groups in total. The van der Waals surface area contributed by atoms with Gasteiger partial charge >= 0.3 is 0 Å². The van der Waals surface area contributed by atoms with Crippen molar-refractivity contribution in [2.45, 2.75) is 59.5 Å². The minimum atomic E-state index is -3.73. The number of hydrogen-bond donors (Lipinski definition) is 1. The summed E-state index contributed by atoms with van der Waals surface area (Å²) in [5.41, 5.74) is 4.16. The summed E-state index contributed by atoms with van der Waals surface area (Å²) < 4.78 is 31.7. The predicted octanol–water partition coefficient (Wildman–Crippen LogP) is 5.12. The Morgan fingerprint density at radius 1 is 1.03 bits per heavy atom. The fourth-order valence-corrected chi connectivity index (χ4v) is 5.09. The minimum absolute atomic E-state index is 0.248. The Balaban J connectivity index is 2.35. The van der Waals surface area contributed by atoms with Crippen LogP contribution >= 0.6 is 11.6 Å². The molecular weight excluding hydrogens is 448 g/mol. The molecule has 2 atom stereocenters. The third-order valence-electron chi connectivity index (χ3n) is 5.56. The lowest BCUT2D eigenvalue weighted by Crippen LogP contribution is -2.48. The van der Waals surface area contributed by atoms with E-state index < -0.39 is 22.0 Å². The van der Waals surface area contributed by atoms with E-state index in [1.165, 1.54) is 0 Å². The summed E-state index contributed by atoms with van der Waals surface area (Å²) in [6, 6.07) is 7.67. The fourth-order valence-electron chi connectivity index (χ4n) is 3.75. The second-order valence-corrected chi connectivity index (χ2v) is 10.8. The van der Waals surface area contributed by atoms with Crippen molar-refractivity contribution in [1.29, 1.82) is 0 Å². The Bertz CT molecular complexity index is 1100. The third-order valence-corrected chi connectivity index (χ3v) is 7.21. The van der Waals surface area contributed by atoms with Crippen molar-refractivity contribution in [3.63, 3.8) is 0 Å². The van der Waals surface area contributed by atoms with Crippen molar-refractivity contribution in [1.82, 2.24) is 5.32 Å². The maximum absolute atomic E-state index is 13.1. The van der Waals surface area contributed by atoms with E-state index in [9.17, 15) is 13.2 Å². The van der Waals surface area contributed by atoms with Crippen LogP contribution in [0.2, 0.25) is 5.02 Å². The second kappa shape index (κ2) is 10.1. The van der Waals surface area contributed by atoms with Crippen molar-refractivity contribution in [3.05, 3.63) is 57.6 Å². The maximum Gasteiger partial charge on any atom is 0.244 e. The summed E-state index contributed by atoms with van der Waals surface area (Å²) in [6.07, 6.45) is 1.08. The van der Waals surface area contributed by atoms with Crippen LogP contribution in [0.3, 0.4) is 0 Å². The molecule has 0 saturated carbocycles. The third kappa shape index (κ3) is 5.75. The highest BCUT2D eigenvalue weighted by molar-refractivity contribution is 7.92. The van der Waals surface area contributed by atoms with E-state index in [0.29, 0.717) is 10.7 Å². The highest BCUT2D eigenvalue weighted by atomic mass is 35.5. The molecule has 2 aromatic rings. The number of nitrogens with zero attached hydrogens (tertiary/aromatic N) is 1. The first-order valence-electron chi connectivity index (χ1n) is 10.5. The molecule has 0 bridgehead atoms. The van der Waals surface area contributed by atoms with Crippen LogP contribution < -0.4 is 14.4 Å². The number of hydrogen-bond acceptors (Lipinski definition) is 4. The summed E-state index contributed by atoms with van der Waals surface area (Å²) in [7, 11) is -2.09. The van der Waals surface area contributed by atoms with Gasteiger partial charge in [-0.2, -0.15) is 0 Å². The molecule has 2 aromatic carbocycles.